The van der Waals surface area contributed by atoms with Gasteiger partial charge in [-0.1, -0.05) is 18.2 Å². The monoisotopic (exact) mass is 359 g/mol. The number of hydrogen-bond acceptors (Lipinski definition) is 3. The molecule has 2 rings (SSSR count). The summed E-state index contributed by atoms with van der Waals surface area (Å²) in [7, 11) is 4.10. The van der Waals surface area contributed by atoms with Crippen LogP contribution in [0.15, 0.2) is 24.3 Å². The molecule has 0 aliphatic carbocycles. The summed E-state index contributed by atoms with van der Waals surface area (Å²) >= 11 is 2.28. The molecule has 0 aliphatic heterocycles. The van der Waals surface area contributed by atoms with E-state index in [1.165, 1.54) is 10.9 Å². The Balaban J connectivity index is 1.92. The molecule has 0 spiro atoms. The average molecular weight is 359 g/mol. The van der Waals surface area contributed by atoms with Crippen molar-refractivity contribution in [1.29, 1.82) is 0 Å². The minimum absolute atomic E-state index is 0.704. The molecule has 1 aromatic carbocycles. The Morgan fingerprint density at radius 2 is 2.06 bits per heavy atom. The summed E-state index contributed by atoms with van der Waals surface area (Å²) in [6.07, 6.45) is 0. The SMILES string of the molecule is CN(C)CCOCCn1nc(I)c2ccccc21. The number of fused-ring (bicyclic) bond motifs is 1. The van der Waals surface area contributed by atoms with Gasteiger partial charge in [0.05, 0.1) is 25.3 Å². The van der Waals surface area contributed by atoms with Crippen molar-refractivity contribution in [2.45, 2.75) is 6.54 Å². The zero-order chi connectivity index (χ0) is 13.0. The molecule has 0 amide bonds. The third kappa shape index (κ3) is 3.43. The van der Waals surface area contributed by atoms with Crippen molar-refractivity contribution in [2.24, 2.45) is 0 Å². The molecule has 0 saturated heterocycles. The van der Waals surface area contributed by atoms with Crippen LogP contribution in [-0.4, -0.2) is 48.5 Å². The van der Waals surface area contributed by atoms with Gasteiger partial charge in [-0.3, -0.25) is 4.68 Å². The van der Waals surface area contributed by atoms with E-state index >= 15 is 0 Å². The topological polar surface area (TPSA) is 30.3 Å². The molecule has 5 heteroatoms. The highest BCUT2D eigenvalue weighted by Crippen LogP contribution is 2.19. The Bertz CT molecular complexity index is 510. The quantitative estimate of drug-likeness (QED) is 0.585. The lowest BCUT2D eigenvalue weighted by molar-refractivity contribution is 0.109. The van der Waals surface area contributed by atoms with Gasteiger partial charge in [-0.25, -0.2) is 0 Å². The number of rotatable bonds is 6. The van der Waals surface area contributed by atoms with Crippen LogP contribution in [0.5, 0.6) is 0 Å². The van der Waals surface area contributed by atoms with Gasteiger partial charge in [0.2, 0.25) is 0 Å². The number of aromatic nitrogens is 2. The largest absolute Gasteiger partial charge is 0.378 e. The standard InChI is InChI=1S/C13H18IN3O/c1-16(2)7-9-18-10-8-17-12-6-4-3-5-11(12)13(14)15-17/h3-6H,7-10H2,1-2H3. The Morgan fingerprint density at radius 1 is 1.28 bits per heavy atom. The molecule has 0 bridgehead atoms. The van der Waals surface area contributed by atoms with Crippen LogP contribution in [0, 0.1) is 3.70 Å². The molecule has 0 N–H and O–H groups in total. The smallest absolute Gasteiger partial charge is 0.131 e. The van der Waals surface area contributed by atoms with E-state index in [4.69, 9.17) is 4.74 Å². The lowest BCUT2D eigenvalue weighted by atomic mass is 10.3. The van der Waals surface area contributed by atoms with E-state index in [9.17, 15) is 0 Å². The van der Waals surface area contributed by atoms with Crippen LogP contribution in [0.3, 0.4) is 0 Å². The second kappa shape index (κ2) is 6.49. The van der Waals surface area contributed by atoms with E-state index in [1.807, 2.05) is 30.9 Å². The van der Waals surface area contributed by atoms with Gasteiger partial charge in [0.25, 0.3) is 0 Å². The summed E-state index contributed by atoms with van der Waals surface area (Å²) in [6.45, 7) is 3.23. The zero-order valence-corrected chi connectivity index (χ0v) is 12.9. The average Bonchev–Trinajstić information content (AvgIpc) is 2.66. The summed E-state index contributed by atoms with van der Waals surface area (Å²) < 4.78 is 8.67. The van der Waals surface area contributed by atoms with Gasteiger partial charge in [0.15, 0.2) is 0 Å². The molecular formula is C13H18IN3O. The molecule has 4 nitrogen and oxygen atoms in total. The van der Waals surface area contributed by atoms with E-state index in [1.54, 1.807) is 0 Å². The van der Waals surface area contributed by atoms with Gasteiger partial charge in [0.1, 0.15) is 3.70 Å². The molecule has 1 aromatic heterocycles. The maximum Gasteiger partial charge on any atom is 0.131 e. The van der Waals surface area contributed by atoms with Crippen LogP contribution in [0.4, 0.5) is 0 Å². The number of benzene rings is 1. The second-order valence-corrected chi connectivity index (χ2v) is 5.47. The number of para-hydroxylation sites is 1. The summed E-state index contributed by atoms with van der Waals surface area (Å²) in [5, 5.41) is 5.75. The second-order valence-electron chi connectivity index (χ2n) is 4.45. The highest BCUT2D eigenvalue weighted by atomic mass is 127. The summed E-state index contributed by atoms with van der Waals surface area (Å²) in [6, 6.07) is 8.30. The van der Waals surface area contributed by atoms with Gasteiger partial charge in [-0.05, 0) is 42.8 Å². The number of likely N-dealkylation sites (N-methyl/N-ethyl adjacent to an activating group) is 1. The van der Waals surface area contributed by atoms with Crippen molar-refractivity contribution in [3.05, 3.63) is 28.0 Å². The Kier molecular flexibility index (Phi) is 4.96. The van der Waals surface area contributed by atoms with Crippen LogP contribution in [0.2, 0.25) is 0 Å². The molecule has 0 fully saturated rings. The first kappa shape index (κ1) is 13.8. The van der Waals surface area contributed by atoms with Gasteiger partial charge in [-0.15, -0.1) is 0 Å². The Hall–Kier alpha value is -0.660. The molecule has 0 unspecified atom stereocenters. The van der Waals surface area contributed by atoms with Crippen LogP contribution in [0.1, 0.15) is 0 Å². The normalized spacial score (nSPS) is 11.6. The van der Waals surface area contributed by atoms with Crippen molar-refractivity contribution in [1.82, 2.24) is 14.7 Å². The van der Waals surface area contributed by atoms with Crippen molar-refractivity contribution >= 4 is 33.5 Å². The van der Waals surface area contributed by atoms with Crippen LogP contribution >= 0.6 is 22.6 Å². The first-order chi connectivity index (χ1) is 8.68. The molecule has 0 radical (unpaired) electrons. The molecule has 1 heterocycles. The fourth-order valence-electron chi connectivity index (χ4n) is 1.76. The Morgan fingerprint density at radius 3 is 2.83 bits per heavy atom. The molecule has 18 heavy (non-hydrogen) atoms. The van der Waals surface area contributed by atoms with Crippen molar-refractivity contribution in [2.75, 3.05) is 33.9 Å². The maximum atomic E-state index is 5.60. The van der Waals surface area contributed by atoms with E-state index in [-0.39, 0.29) is 0 Å². The number of ether oxygens (including phenoxy) is 1. The van der Waals surface area contributed by atoms with Gasteiger partial charge in [0, 0.05) is 11.9 Å². The fourth-order valence-corrected chi connectivity index (χ4v) is 2.47. The summed E-state index contributed by atoms with van der Waals surface area (Å²) in [5.74, 6) is 0. The minimum atomic E-state index is 0.704. The predicted molar refractivity (Wildman–Crippen MR) is 81.8 cm³/mol. The van der Waals surface area contributed by atoms with E-state index in [0.717, 1.165) is 23.4 Å². The predicted octanol–water partition coefficient (Wildman–Crippen LogP) is 2.22. The van der Waals surface area contributed by atoms with E-state index in [0.29, 0.717) is 6.61 Å². The maximum absolute atomic E-state index is 5.60. The first-order valence-corrected chi connectivity index (χ1v) is 7.10. The molecule has 2 aromatic rings. The fraction of sp³-hybridized carbons (Fsp3) is 0.462. The van der Waals surface area contributed by atoms with Gasteiger partial charge < -0.3 is 9.64 Å². The van der Waals surface area contributed by atoms with E-state index in [2.05, 4.69) is 44.7 Å². The Labute approximate surface area is 121 Å². The number of nitrogens with zero attached hydrogens (tertiary/aromatic N) is 3. The van der Waals surface area contributed by atoms with Gasteiger partial charge in [-0.2, -0.15) is 5.10 Å². The summed E-state index contributed by atoms with van der Waals surface area (Å²) in [4.78, 5) is 2.12. The third-order valence-corrected chi connectivity index (χ3v) is 3.54. The van der Waals surface area contributed by atoms with Crippen LogP contribution in [0.25, 0.3) is 10.9 Å². The van der Waals surface area contributed by atoms with Crippen molar-refractivity contribution in [3.63, 3.8) is 0 Å². The molecule has 0 atom stereocenters. The highest BCUT2D eigenvalue weighted by molar-refractivity contribution is 14.1. The molecule has 98 valence electrons. The first-order valence-electron chi connectivity index (χ1n) is 6.02. The van der Waals surface area contributed by atoms with E-state index < -0.39 is 0 Å². The number of halogens is 1. The van der Waals surface area contributed by atoms with Crippen molar-refractivity contribution in [3.8, 4) is 0 Å². The summed E-state index contributed by atoms with van der Waals surface area (Å²) in [5.41, 5.74) is 1.18. The third-order valence-electron chi connectivity index (χ3n) is 2.74. The van der Waals surface area contributed by atoms with Crippen LogP contribution < -0.4 is 0 Å². The number of hydrogen-bond donors (Lipinski definition) is 0. The van der Waals surface area contributed by atoms with Crippen LogP contribution in [-0.2, 0) is 11.3 Å². The lowest BCUT2D eigenvalue weighted by Gasteiger charge is -2.10. The molecule has 0 saturated carbocycles. The highest BCUT2D eigenvalue weighted by Gasteiger charge is 2.06. The lowest BCUT2D eigenvalue weighted by Crippen LogP contribution is -2.19. The molecule has 0 aliphatic rings. The molecular weight excluding hydrogens is 341 g/mol. The van der Waals surface area contributed by atoms with Gasteiger partial charge >= 0.3 is 0 Å². The zero-order valence-electron chi connectivity index (χ0n) is 10.8. The van der Waals surface area contributed by atoms with Crippen molar-refractivity contribution < 1.29 is 4.74 Å². The minimum Gasteiger partial charge on any atom is -0.378 e.